The number of rotatable bonds is 9. The van der Waals surface area contributed by atoms with Gasteiger partial charge in [0, 0.05) is 43.0 Å². The lowest BCUT2D eigenvalue weighted by molar-refractivity contribution is 0.400. The van der Waals surface area contributed by atoms with Crippen LogP contribution in [0, 0.1) is 17.8 Å². The normalized spacial score (nSPS) is 29.8. The minimum atomic E-state index is 0.345. The minimum absolute atomic E-state index is 0.345. The number of nitrogens with two attached hydrogens (primary N) is 2. The molecule has 0 aromatic rings. The first-order valence-corrected chi connectivity index (χ1v) is 9.78. The molecular weight excluding hydrogens is 284 g/mol. The van der Waals surface area contributed by atoms with E-state index in [1.165, 1.54) is 57.1 Å². The van der Waals surface area contributed by atoms with E-state index in [9.17, 15) is 0 Å². The SMILES string of the molecule is CCCCCC1CNCC(N)=C1NCC1CCC(CC(C)N)C1. The Morgan fingerprint density at radius 1 is 1.26 bits per heavy atom. The van der Waals surface area contributed by atoms with E-state index in [1.807, 2.05) is 0 Å². The molecule has 0 aromatic carbocycles. The largest absolute Gasteiger partial charge is 0.400 e. The van der Waals surface area contributed by atoms with Crippen LogP contribution >= 0.6 is 0 Å². The summed E-state index contributed by atoms with van der Waals surface area (Å²) in [6.07, 6.45) is 10.4. The molecule has 2 rings (SSSR count). The molecule has 6 N–H and O–H groups in total. The Morgan fingerprint density at radius 3 is 2.78 bits per heavy atom. The second-order valence-corrected chi connectivity index (χ2v) is 7.90. The van der Waals surface area contributed by atoms with Crippen LogP contribution in [0.15, 0.2) is 11.4 Å². The van der Waals surface area contributed by atoms with Gasteiger partial charge in [-0.05, 0) is 44.4 Å². The lowest BCUT2D eigenvalue weighted by Gasteiger charge is -2.30. The van der Waals surface area contributed by atoms with E-state index in [1.54, 1.807) is 0 Å². The second-order valence-electron chi connectivity index (χ2n) is 7.90. The molecule has 1 aliphatic carbocycles. The molecule has 0 bridgehead atoms. The maximum absolute atomic E-state index is 6.29. The average Bonchev–Trinajstić information content (AvgIpc) is 2.93. The van der Waals surface area contributed by atoms with E-state index in [4.69, 9.17) is 11.5 Å². The van der Waals surface area contributed by atoms with Gasteiger partial charge in [-0.2, -0.15) is 0 Å². The third kappa shape index (κ3) is 6.00. The van der Waals surface area contributed by atoms with E-state index < -0.39 is 0 Å². The molecule has 1 heterocycles. The van der Waals surface area contributed by atoms with Crippen LogP contribution in [0.25, 0.3) is 0 Å². The van der Waals surface area contributed by atoms with Gasteiger partial charge >= 0.3 is 0 Å². The Balaban J connectivity index is 1.80. The summed E-state index contributed by atoms with van der Waals surface area (Å²) in [6, 6.07) is 0.345. The van der Waals surface area contributed by atoms with Crippen LogP contribution in [-0.2, 0) is 0 Å². The van der Waals surface area contributed by atoms with Gasteiger partial charge in [-0.15, -0.1) is 0 Å². The van der Waals surface area contributed by atoms with Crippen LogP contribution in [0.4, 0.5) is 0 Å². The predicted octanol–water partition coefficient (Wildman–Crippen LogP) is 2.70. The smallest absolute Gasteiger partial charge is 0.0417 e. The summed E-state index contributed by atoms with van der Waals surface area (Å²) in [5, 5.41) is 7.21. The molecular formula is C19H38N4. The molecule has 0 radical (unpaired) electrons. The number of hydrogen-bond acceptors (Lipinski definition) is 4. The Labute approximate surface area is 142 Å². The van der Waals surface area contributed by atoms with Crippen molar-refractivity contribution in [2.75, 3.05) is 19.6 Å². The van der Waals surface area contributed by atoms with Gasteiger partial charge in [0.25, 0.3) is 0 Å². The molecule has 0 saturated heterocycles. The summed E-state index contributed by atoms with van der Waals surface area (Å²) in [6.45, 7) is 7.40. The lowest BCUT2D eigenvalue weighted by atomic mass is 9.93. The van der Waals surface area contributed by atoms with Crippen molar-refractivity contribution < 1.29 is 0 Å². The maximum atomic E-state index is 6.29. The zero-order chi connectivity index (χ0) is 16.7. The Hall–Kier alpha value is -0.740. The van der Waals surface area contributed by atoms with Crippen LogP contribution in [0.3, 0.4) is 0 Å². The second kappa shape index (κ2) is 9.53. The van der Waals surface area contributed by atoms with Crippen LogP contribution < -0.4 is 22.1 Å². The van der Waals surface area contributed by atoms with E-state index >= 15 is 0 Å². The zero-order valence-corrected chi connectivity index (χ0v) is 15.2. The van der Waals surface area contributed by atoms with Crippen molar-refractivity contribution in [3.05, 3.63) is 11.4 Å². The lowest BCUT2D eigenvalue weighted by Crippen LogP contribution is -2.41. The van der Waals surface area contributed by atoms with Gasteiger partial charge in [-0.25, -0.2) is 0 Å². The molecule has 2 aliphatic rings. The molecule has 0 amide bonds. The summed E-state index contributed by atoms with van der Waals surface area (Å²) >= 11 is 0. The number of unbranched alkanes of at least 4 members (excludes halogenated alkanes) is 2. The van der Waals surface area contributed by atoms with E-state index in [2.05, 4.69) is 24.5 Å². The number of hydrogen-bond donors (Lipinski definition) is 4. The maximum Gasteiger partial charge on any atom is 0.0417 e. The highest BCUT2D eigenvalue weighted by atomic mass is 15.0. The van der Waals surface area contributed by atoms with Gasteiger partial charge < -0.3 is 22.1 Å². The molecule has 4 nitrogen and oxygen atoms in total. The molecule has 134 valence electrons. The van der Waals surface area contributed by atoms with E-state index in [0.717, 1.165) is 37.2 Å². The van der Waals surface area contributed by atoms with Gasteiger partial charge in [0.2, 0.25) is 0 Å². The topological polar surface area (TPSA) is 76.1 Å². The highest BCUT2D eigenvalue weighted by molar-refractivity contribution is 5.18. The molecule has 1 fully saturated rings. The van der Waals surface area contributed by atoms with Crippen LogP contribution in [0.5, 0.6) is 0 Å². The third-order valence-corrected chi connectivity index (χ3v) is 5.55. The van der Waals surface area contributed by atoms with Gasteiger partial charge in [-0.3, -0.25) is 0 Å². The summed E-state index contributed by atoms with van der Waals surface area (Å²) in [5.41, 5.74) is 14.6. The van der Waals surface area contributed by atoms with Crippen molar-refractivity contribution in [1.82, 2.24) is 10.6 Å². The fourth-order valence-corrected chi connectivity index (χ4v) is 4.34. The molecule has 4 atom stereocenters. The van der Waals surface area contributed by atoms with Crippen molar-refractivity contribution >= 4 is 0 Å². The van der Waals surface area contributed by atoms with Crippen molar-refractivity contribution in [2.24, 2.45) is 29.2 Å². The third-order valence-electron chi connectivity index (χ3n) is 5.55. The average molecular weight is 323 g/mol. The van der Waals surface area contributed by atoms with Crippen molar-refractivity contribution in [2.45, 2.75) is 71.3 Å². The molecule has 1 saturated carbocycles. The van der Waals surface area contributed by atoms with Gasteiger partial charge in [0.15, 0.2) is 0 Å². The van der Waals surface area contributed by atoms with E-state index in [-0.39, 0.29) is 0 Å². The van der Waals surface area contributed by atoms with Crippen molar-refractivity contribution in [1.29, 1.82) is 0 Å². The Bertz CT molecular complexity index is 378. The first-order chi connectivity index (χ1) is 11.1. The van der Waals surface area contributed by atoms with Gasteiger partial charge in [0.05, 0.1) is 0 Å². The zero-order valence-electron chi connectivity index (χ0n) is 15.2. The standard InChI is InChI=1S/C19H38N4/c1-3-4-5-6-17-12-22-13-18(21)19(17)23-11-16-8-7-15(10-16)9-14(2)20/h14-17,22-23H,3-13,20-21H2,1-2H3. The monoisotopic (exact) mass is 322 g/mol. The van der Waals surface area contributed by atoms with Crippen LogP contribution in [-0.4, -0.2) is 25.7 Å². The van der Waals surface area contributed by atoms with E-state index in [0.29, 0.717) is 12.0 Å². The van der Waals surface area contributed by atoms with Gasteiger partial charge in [-0.1, -0.05) is 32.6 Å². The molecule has 0 spiro atoms. The Kier molecular flexibility index (Phi) is 7.71. The molecule has 23 heavy (non-hydrogen) atoms. The first kappa shape index (κ1) is 18.6. The minimum Gasteiger partial charge on any atom is -0.400 e. The highest BCUT2D eigenvalue weighted by Gasteiger charge is 2.27. The number of nitrogens with one attached hydrogen (secondary N) is 2. The fraction of sp³-hybridized carbons (Fsp3) is 0.895. The van der Waals surface area contributed by atoms with Crippen molar-refractivity contribution in [3.8, 4) is 0 Å². The highest BCUT2D eigenvalue weighted by Crippen LogP contribution is 2.33. The van der Waals surface area contributed by atoms with Crippen molar-refractivity contribution in [3.63, 3.8) is 0 Å². The van der Waals surface area contributed by atoms with Crippen LogP contribution in [0.2, 0.25) is 0 Å². The van der Waals surface area contributed by atoms with Crippen LogP contribution in [0.1, 0.15) is 65.2 Å². The Morgan fingerprint density at radius 2 is 2.04 bits per heavy atom. The molecule has 1 aliphatic heterocycles. The molecule has 0 aromatic heterocycles. The molecule has 4 heteroatoms. The quantitative estimate of drug-likeness (QED) is 0.492. The fourth-order valence-electron chi connectivity index (χ4n) is 4.34. The molecule has 4 unspecified atom stereocenters. The van der Waals surface area contributed by atoms with Gasteiger partial charge in [0.1, 0.15) is 0 Å². The summed E-state index contributed by atoms with van der Waals surface area (Å²) in [5.74, 6) is 2.21. The summed E-state index contributed by atoms with van der Waals surface area (Å²) < 4.78 is 0. The predicted molar refractivity (Wildman–Crippen MR) is 98.8 cm³/mol. The summed E-state index contributed by atoms with van der Waals surface area (Å²) in [7, 11) is 0. The first-order valence-electron chi connectivity index (χ1n) is 9.78. The summed E-state index contributed by atoms with van der Waals surface area (Å²) in [4.78, 5) is 0.